The molecule has 98 valence electrons. The van der Waals surface area contributed by atoms with Crippen LogP contribution in [0.1, 0.15) is 12.8 Å². The second-order valence-corrected chi connectivity index (χ2v) is 4.13. The Hall–Kier alpha value is -2.31. The van der Waals surface area contributed by atoms with Crippen LogP contribution < -0.4 is 4.90 Å². The average molecular weight is 255 g/mol. The summed E-state index contributed by atoms with van der Waals surface area (Å²) >= 11 is 0. The van der Waals surface area contributed by atoms with E-state index in [1.54, 1.807) is 0 Å². The smallest absolute Gasteiger partial charge is 0.208 e. The molecule has 1 aromatic rings. The van der Waals surface area contributed by atoms with Gasteiger partial charge in [-0.15, -0.1) is 0 Å². The first kappa shape index (κ1) is 12.2. The zero-order valence-corrected chi connectivity index (χ0v) is 9.37. The molecule has 1 atom stereocenters. The molecule has 0 aromatic heterocycles. The molecule has 0 aliphatic carbocycles. The van der Waals surface area contributed by atoms with Gasteiger partial charge in [-0.05, 0) is 12.8 Å². The van der Waals surface area contributed by atoms with Crippen molar-refractivity contribution in [3.8, 4) is 28.7 Å². The number of carbonyl (C=O) groups is 1. The molecule has 0 spiro atoms. The number of benzene rings is 1. The average Bonchev–Trinajstić information content (AvgIpc) is 2.82. The normalized spacial score (nSPS) is 19.1. The lowest BCUT2D eigenvalue weighted by Gasteiger charge is -2.25. The molecule has 1 unspecified atom stereocenters. The lowest BCUT2D eigenvalue weighted by Crippen LogP contribution is -2.30. The van der Waals surface area contributed by atoms with Crippen LogP contribution in [0, 0.1) is 0 Å². The van der Waals surface area contributed by atoms with Gasteiger partial charge in [-0.3, -0.25) is 0 Å². The molecule has 2 rings (SSSR count). The number of hydrogen-bond donors (Lipinski definition) is 5. The highest BCUT2D eigenvalue weighted by Crippen LogP contribution is 2.55. The van der Waals surface area contributed by atoms with E-state index in [2.05, 4.69) is 0 Å². The van der Waals surface area contributed by atoms with Crippen molar-refractivity contribution < 1.29 is 30.3 Å². The minimum absolute atomic E-state index is 0.252. The number of phenols is 5. The van der Waals surface area contributed by atoms with Gasteiger partial charge in [-0.2, -0.15) is 0 Å². The highest BCUT2D eigenvalue weighted by Gasteiger charge is 2.33. The van der Waals surface area contributed by atoms with E-state index in [0.29, 0.717) is 25.7 Å². The molecule has 7 heteroatoms. The van der Waals surface area contributed by atoms with E-state index in [0.717, 1.165) is 0 Å². The zero-order chi connectivity index (χ0) is 13.4. The Kier molecular flexibility index (Phi) is 2.82. The SMILES string of the molecule is O=CC1CCCN1c1c(O)c(O)c(O)c(O)c1O. The molecule has 1 saturated heterocycles. The van der Waals surface area contributed by atoms with Crippen molar-refractivity contribution in [2.24, 2.45) is 0 Å². The molecule has 1 fully saturated rings. The monoisotopic (exact) mass is 255 g/mol. The zero-order valence-electron chi connectivity index (χ0n) is 9.37. The van der Waals surface area contributed by atoms with Gasteiger partial charge < -0.3 is 35.2 Å². The maximum atomic E-state index is 10.9. The third-order valence-corrected chi connectivity index (χ3v) is 3.09. The summed E-state index contributed by atoms with van der Waals surface area (Å²) in [6.07, 6.45) is 1.88. The summed E-state index contributed by atoms with van der Waals surface area (Å²) in [5.41, 5.74) is -0.252. The summed E-state index contributed by atoms with van der Waals surface area (Å²) in [5, 5.41) is 47.5. The summed E-state index contributed by atoms with van der Waals surface area (Å²) in [7, 11) is 0. The standard InChI is InChI=1S/C11H13NO6/c13-4-5-2-1-3-12(5)6-7(14)9(16)11(18)10(17)8(6)15/h4-5,14-18H,1-3H2. The number of rotatable bonds is 2. The highest BCUT2D eigenvalue weighted by atomic mass is 16.4. The Morgan fingerprint density at radius 2 is 1.44 bits per heavy atom. The number of carbonyl (C=O) groups excluding carboxylic acids is 1. The summed E-state index contributed by atoms with van der Waals surface area (Å²) in [5.74, 6) is -4.41. The summed E-state index contributed by atoms with van der Waals surface area (Å²) in [6.45, 7) is 0.383. The first-order valence-electron chi connectivity index (χ1n) is 5.39. The Bertz CT molecular complexity index is 472. The van der Waals surface area contributed by atoms with Gasteiger partial charge in [0.1, 0.15) is 12.0 Å². The molecule has 18 heavy (non-hydrogen) atoms. The Balaban J connectivity index is 2.60. The van der Waals surface area contributed by atoms with Crippen molar-refractivity contribution in [3.63, 3.8) is 0 Å². The van der Waals surface area contributed by atoms with Gasteiger partial charge in [0, 0.05) is 6.54 Å². The van der Waals surface area contributed by atoms with Gasteiger partial charge in [0.05, 0.1) is 6.04 Å². The second kappa shape index (κ2) is 4.17. The number of phenolic OH excluding ortho intramolecular Hbond substituents is 5. The molecule has 0 amide bonds. The largest absolute Gasteiger partial charge is 0.503 e. The third kappa shape index (κ3) is 1.55. The topological polar surface area (TPSA) is 121 Å². The minimum Gasteiger partial charge on any atom is -0.503 e. The number of nitrogens with zero attached hydrogens (tertiary/aromatic N) is 1. The van der Waals surface area contributed by atoms with Gasteiger partial charge in [-0.1, -0.05) is 0 Å². The number of aldehydes is 1. The first-order valence-corrected chi connectivity index (χ1v) is 5.39. The van der Waals surface area contributed by atoms with Crippen LogP contribution in [-0.4, -0.2) is 44.4 Å². The molecule has 1 aliphatic rings. The van der Waals surface area contributed by atoms with Crippen molar-refractivity contribution in [2.75, 3.05) is 11.4 Å². The van der Waals surface area contributed by atoms with Gasteiger partial charge in [0.25, 0.3) is 0 Å². The molecule has 1 aromatic carbocycles. The summed E-state index contributed by atoms with van der Waals surface area (Å²) in [4.78, 5) is 12.2. The predicted molar refractivity (Wildman–Crippen MR) is 61.2 cm³/mol. The van der Waals surface area contributed by atoms with Crippen LogP contribution in [0.3, 0.4) is 0 Å². The van der Waals surface area contributed by atoms with Gasteiger partial charge in [-0.25, -0.2) is 0 Å². The van der Waals surface area contributed by atoms with Gasteiger partial charge >= 0.3 is 0 Å². The fourth-order valence-corrected chi connectivity index (χ4v) is 2.16. The third-order valence-electron chi connectivity index (χ3n) is 3.09. The molecule has 0 bridgehead atoms. The van der Waals surface area contributed by atoms with E-state index in [9.17, 15) is 30.3 Å². The Labute approximate surface area is 102 Å². The van der Waals surface area contributed by atoms with Crippen molar-refractivity contribution in [1.29, 1.82) is 0 Å². The van der Waals surface area contributed by atoms with Crippen molar-refractivity contribution in [2.45, 2.75) is 18.9 Å². The summed E-state index contributed by atoms with van der Waals surface area (Å²) < 4.78 is 0. The van der Waals surface area contributed by atoms with Crippen LogP contribution in [0.15, 0.2) is 0 Å². The number of hydrogen-bond acceptors (Lipinski definition) is 7. The van der Waals surface area contributed by atoms with Gasteiger partial charge in [0.2, 0.25) is 17.2 Å². The first-order chi connectivity index (χ1) is 8.49. The van der Waals surface area contributed by atoms with E-state index < -0.39 is 34.8 Å². The molecule has 0 saturated carbocycles. The number of anilines is 1. The maximum absolute atomic E-state index is 10.9. The molecule has 1 aliphatic heterocycles. The number of aromatic hydroxyl groups is 5. The fraction of sp³-hybridized carbons (Fsp3) is 0.364. The van der Waals surface area contributed by atoms with Crippen LogP contribution in [-0.2, 0) is 4.79 Å². The lowest BCUT2D eigenvalue weighted by atomic mass is 10.1. The molecule has 0 radical (unpaired) electrons. The van der Waals surface area contributed by atoms with E-state index >= 15 is 0 Å². The summed E-state index contributed by atoms with van der Waals surface area (Å²) in [6, 6.07) is -0.551. The van der Waals surface area contributed by atoms with E-state index in [4.69, 9.17) is 0 Å². The van der Waals surface area contributed by atoms with E-state index in [-0.39, 0.29) is 5.69 Å². The van der Waals surface area contributed by atoms with E-state index in [1.165, 1.54) is 4.90 Å². The van der Waals surface area contributed by atoms with Crippen LogP contribution in [0.5, 0.6) is 28.7 Å². The molecular formula is C11H13NO6. The predicted octanol–water partition coefficient (Wildman–Crippen LogP) is 0.382. The Morgan fingerprint density at radius 3 is 1.94 bits per heavy atom. The van der Waals surface area contributed by atoms with Crippen LogP contribution in [0.2, 0.25) is 0 Å². The second-order valence-electron chi connectivity index (χ2n) is 4.13. The van der Waals surface area contributed by atoms with Gasteiger partial charge in [0.15, 0.2) is 11.5 Å². The maximum Gasteiger partial charge on any atom is 0.208 e. The minimum atomic E-state index is -1.00. The van der Waals surface area contributed by atoms with Crippen LogP contribution in [0.4, 0.5) is 5.69 Å². The van der Waals surface area contributed by atoms with Crippen molar-refractivity contribution >= 4 is 12.0 Å². The van der Waals surface area contributed by atoms with Crippen LogP contribution in [0.25, 0.3) is 0 Å². The quantitative estimate of drug-likeness (QED) is 0.294. The molecular weight excluding hydrogens is 242 g/mol. The molecule has 5 N–H and O–H groups in total. The lowest BCUT2D eigenvalue weighted by molar-refractivity contribution is -0.108. The van der Waals surface area contributed by atoms with Crippen molar-refractivity contribution in [1.82, 2.24) is 0 Å². The van der Waals surface area contributed by atoms with Crippen LogP contribution >= 0.6 is 0 Å². The van der Waals surface area contributed by atoms with Crippen molar-refractivity contribution in [3.05, 3.63) is 0 Å². The molecule has 7 nitrogen and oxygen atoms in total. The fourth-order valence-electron chi connectivity index (χ4n) is 2.16. The highest BCUT2D eigenvalue weighted by molar-refractivity contribution is 5.83. The van der Waals surface area contributed by atoms with E-state index in [1.807, 2.05) is 0 Å². The Morgan fingerprint density at radius 1 is 0.944 bits per heavy atom. The molecule has 1 heterocycles.